The lowest BCUT2D eigenvalue weighted by atomic mass is 10.2. The molecule has 3 heterocycles. The van der Waals surface area contributed by atoms with Gasteiger partial charge in [-0.05, 0) is 12.8 Å². The largest absolute Gasteiger partial charge is 0.341 e. The number of nitrogens with one attached hydrogen (secondary N) is 2. The maximum Gasteiger partial charge on any atom is 0.248 e. The number of carbonyl (C=O) groups excluding carboxylic acids is 2. The zero-order chi connectivity index (χ0) is 16.1. The quantitative estimate of drug-likeness (QED) is 0.806. The number of anilines is 1. The summed E-state index contributed by atoms with van der Waals surface area (Å²) >= 11 is 1.68. The van der Waals surface area contributed by atoms with E-state index in [1.165, 1.54) is 23.9 Å². The summed E-state index contributed by atoms with van der Waals surface area (Å²) in [6.07, 6.45) is 6.00. The van der Waals surface area contributed by atoms with E-state index in [1.807, 2.05) is 4.90 Å². The Morgan fingerprint density at radius 3 is 2.71 bits per heavy atom. The van der Waals surface area contributed by atoms with Crippen LogP contribution in [0.1, 0.15) is 25.7 Å². The number of thioether (sulfide) groups is 1. The van der Waals surface area contributed by atoms with Crippen molar-refractivity contribution in [2.45, 2.75) is 38.3 Å². The standard InChI is InChI=1S/C14H22N6O2S.ClH/c21-12(19-5-3-1-2-4-6-19)7-20-9-15-14(18-20)17-13(22)11-8-23-10-16-11;/h9,11,16H,1-8,10H2,(H,17,18,22);1H. The normalized spacial score (nSPS) is 21.0. The van der Waals surface area contributed by atoms with Crippen LogP contribution in [0.25, 0.3) is 0 Å². The third-order valence-electron chi connectivity index (χ3n) is 4.06. The molecule has 1 aromatic rings. The molecule has 0 aliphatic carbocycles. The summed E-state index contributed by atoms with van der Waals surface area (Å²) in [6, 6.07) is -0.203. The summed E-state index contributed by atoms with van der Waals surface area (Å²) in [5, 5.41) is 9.95. The van der Waals surface area contributed by atoms with Gasteiger partial charge < -0.3 is 4.90 Å². The van der Waals surface area contributed by atoms with Crippen LogP contribution in [0, 0.1) is 0 Å². The third-order valence-corrected chi connectivity index (χ3v) is 5.00. The lowest BCUT2D eigenvalue weighted by Crippen LogP contribution is -2.37. The minimum absolute atomic E-state index is 0. The van der Waals surface area contributed by atoms with Gasteiger partial charge in [0.1, 0.15) is 12.9 Å². The summed E-state index contributed by atoms with van der Waals surface area (Å²) in [5.41, 5.74) is 0. The molecule has 2 aliphatic heterocycles. The zero-order valence-corrected chi connectivity index (χ0v) is 15.1. The second-order valence-corrected chi connectivity index (χ2v) is 6.85. The Labute approximate surface area is 151 Å². The summed E-state index contributed by atoms with van der Waals surface area (Å²) in [5.74, 6) is 1.71. The van der Waals surface area contributed by atoms with Gasteiger partial charge in [-0.25, -0.2) is 9.67 Å². The molecule has 8 nitrogen and oxygen atoms in total. The van der Waals surface area contributed by atoms with Crippen LogP contribution in [0.4, 0.5) is 5.95 Å². The highest BCUT2D eigenvalue weighted by Gasteiger charge is 2.23. The van der Waals surface area contributed by atoms with E-state index >= 15 is 0 Å². The van der Waals surface area contributed by atoms with Crippen molar-refractivity contribution >= 4 is 41.9 Å². The Balaban J connectivity index is 0.00000208. The van der Waals surface area contributed by atoms with E-state index in [0.29, 0.717) is 0 Å². The third kappa shape index (κ3) is 5.09. The predicted octanol–water partition coefficient (Wildman–Crippen LogP) is 0.703. The van der Waals surface area contributed by atoms with Crippen molar-refractivity contribution in [1.82, 2.24) is 25.0 Å². The van der Waals surface area contributed by atoms with Crippen LogP contribution < -0.4 is 10.6 Å². The number of aromatic nitrogens is 3. The van der Waals surface area contributed by atoms with Crippen LogP contribution in [0.3, 0.4) is 0 Å². The lowest BCUT2D eigenvalue weighted by Gasteiger charge is -2.19. The van der Waals surface area contributed by atoms with E-state index in [0.717, 1.165) is 37.6 Å². The minimum atomic E-state index is -0.203. The van der Waals surface area contributed by atoms with Crippen molar-refractivity contribution in [1.29, 1.82) is 0 Å². The fourth-order valence-electron chi connectivity index (χ4n) is 2.75. The first-order chi connectivity index (χ1) is 11.2. The van der Waals surface area contributed by atoms with Gasteiger partial charge in [-0.1, -0.05) is 12.8 Å². The molecule has 0 bridgehead atoms. The van der Waals surface area contributed by atoms with E-state index in [9.17, 15) is 9.59 Å². The Morgan fingerprint density at radius 2 is 2.04 bits per heavy atom. The highest BCUT2D eigenvalue weighted by Crippen LogP contribution is 2.12. The van der Waals surface area contributed by atoms with Crippen LogP contribution in [0.15, 0.2) is 6.33 Å². The number of amides is 2. The molecule has 10 heteroatoms. The number of halogens is 1. The molecule has 2 amide bonds. The fraction of sp³-hybridized carbons (Fsp3) is 0.714. The second-order valence-electron chi connectivity index (χ2n) is 5.82. The fourth-order valence-corrected chi connectivity index (χ4v) is 3.69. The van der Waals surface area contributed by atoms with Gasteiger partial charge >= 0.3 is 0 Å². The monoisotopic (exact) mass is 374 g/mol. The average Bonchev–Trinajstić information content (AvgIpc) is 3.14. The van der Waals surface area contributed by atoms with Crippen molar-refractivity contribution in [2.24, 2.45) is 0 Å². The van der Waals surface area contributed by atoms with Gasteiger partial charge in [0.15, 0.2) is 0 Å². The first-order valence-corrected chi connectivity index (χ1v) is 9.17. The van der Waals surface area contributed by atoms with Crippen LogP contribution in [-0.4, -0.2) is 62.2 Å². The first-order valence-electron chi connectivity index (χ1n) is 8.01. The van der Waals surface area contributed by atoms with Gasteiger partial charge in [0.25, 0.3) is 0 Å². The molecule has 1 atom stereocenters. The number of nitrogens with zero attached hydrogens (tertiary/aromatic N) is 4. The Hall–Kier alpha value is -1.32. The predicted molar refractivity (Wildman–Crippen MR) is 95.2 cm³/mol. The van der Waals surface area contributed by atoms with Gasteiger partial charge in [0.05, 0.1) is 6.04 Å². The van der Waals surface area contributed by atoms with Crippen molar-refractivity contribution in [2.75, 3.05) is 30.0 Å². The van der Waals surface area contributed by atoms with Gasteiger partial charge in [-0.2, -0.15) is 0 Å². The van der Waals surface area contributed by atoms with E-state index in [-0.39, 0.29) is 42.8 Å². The lowest BCUT2D eigenvalue weighted by molar-refractivity contribution is -0.132. The average molecular weight is 375 g/mol. The molecule has 1 aromatic heterocycles. The highest BCUT2D eigenvalue weighted by molar-refractivity contribution is 7.99. The molecule has 134 valence electrons. The molecule has 2 N–H and O–H groups in total. The zero-order valence-electron chi connectivity index (χ0n) is 13.4. The van der Waals surface area contributed by atoms with E-state index in [4.69, 9.17) is 0 Å². The highest BCUT2D eigenvalue weighted by atomic mass is 35.5. The van der Waals surface area contributed by atoms with Crippen LogP contribution in [-0.2, 0) is 16.1 Å². The molecule has 0 spiro atoms. The molecule has 0 aromatic carbocycles. The molecule has 24 heavy (non-hydrogen) atoms. The van der Waals surface area contributed by atoms with E-state index in [2.05, 4.69) is 20.7 Å². The van der Waals surface area contributed by atoms with Crippen LogP contribution >= 0.6 is 24.2 Å². The van der Waals surface area contributed by atoms with Gasteiger partial charge in [-0.15, -0.1) is 29.3 Å². The summed E-state index contributed by atoms with van der Waals surface area (Å²) < 4.78 is 1.49. The Morgan fingerprint density at radius 1 is 1.29 bits per heavy atom. The molecule has 2 saturated heterocycles. The van der Waals surface area contributed by atoms with Crippen molar-refractivity contribution in [3.8, 4) is 0 Å². The molecular weight excluding hydrogens is 352 g/mol. The smallest absolute Gasteiger partial charge is 0.248 e. The van der Waals surface area contributed by atoms with Gasteiger partial charge in [0.2, 0.25) is 17.8 Å². The molecular formula is C14H23ClN6O2S. The summed E-state index contributed by atoms with van der Waals surface area (Å²) in [6.45, 7) is 1.81. The number of rotatable bonds is 4. The summed E-state index contributed by atoms with van der Waals surface area (Å²) in [4.78, 5) is 30.2. The topological polar surface area (TPSA) is 92.2 Å². The maximum absolute atomic E-state index is 12.3. The molecule has 2 aliphatic rings. The van der Waals surface area contributed by atoms with Gasteiger partial charge in [-0.3, -0.25) is 20.2 Å². The Bertz CT molecular complexity index is 555. The molecule has 2 fully saturated rings. The van der Waals surface area contributed by atoms with Crippen molar-refractivity contribution in [3.63, 3.8) is 0 Å². The van der Waals surface area contributed by atoms with Crippen LogP contribution in [0.5, 0.6) is 0 Å². The molecule has 0 saturated carbocycles. The number of carbonyl (C=O) groups is 2. The SMILES string of the molecule is Cl.O=C(Nc1ncn(CC(=O)N2CCCCCC2)n1)C1CSCN1. The Kier molecular flexibility index (Phi) is 7.32. The maximum atomic E-state index is 12.3. The minimum Gasteiger partial charge on any atom is -0.341 e. The number of hydrogen-bond donors (Lipinski definition) is 2. The number of hydrogen-bond acceptors (Lipinski definition) is 6. The number of likely N-dealkylation sites (tertiary alicyclic amines) is 1. The summed E-state index contributed by atoms with van der Waals surface area (Å²) in [7, 11) is 0. The van der Waals surface area contributed by atoms with E-state index in [1.54, 1.807) is 11.8 Å². The molecule has 1 unspecified atom stereocenters. The molecule has 3 rings (SSSR count). The molecule has 0 radical (unpaired) electrons. The first kappa shape index (κ1) is 19.0. The van der Waals surface area contributed by atoms with Crippen LogP contribution in [0.2, 0.25) is 0 Å². The second kappa shape index (κ2) is 9.24. The van der Waals surface area contributed by atoms with Crippen molar-refractivity contribution in [3.05, 3.63) is 6.33 Å². The van der Waals surface area contributed by atoms with Gasteiger partial charge in [0, 0.05) is 24.7 Å². The van der Waals surface area contributed by atoms with E-state index < -0.39 is 0 Å². The van der Waals surface area contributed by atoms with Crippen molar-refractivity contribution < 1.29 is 9.59 Å².